The van der Waals surface area contributed by atoms with Crippen LogP contribution in [0.15, 0.2) is 18.5 Å². The van der Waals surface area contributed by atoms with Gasteiger partial charge >= 0.3 is 0 Å². The van der Waals surface area contributed by atoms with Gasteiger partial charge in [0, 0.05) is 18.0 Å². The molecule has 0 bridgehead atoms. The van der Waals surface area contributed by atoms with Crippen molar-refractivity contribution in [2.75, 3.05) is 6.26 Å². The van der Waals surface area contributed by atoms with Gasteiger partial charge in [-0.05, 0) is 6.07 Å². The van der Waals surface area contributed by atoms with Crippen molar-refractivity contribution in [3.63, 3.8) is 0 Å². The summed E-state index contributed by atoms with van der Waals surface area (Å²) in [5, 5.41) is 7.02. The van der Waals surface area contributed by atoms with E-state index in [1.165, 1.54) is 18.5 Å². The van der Waals surface area contributed by atoms with Gasteiger partial charge in [-0.2, -0.15) is 0 Å². The van der Waals surface area contributed by atoms with Crippen LogP contribution in [0.1, 0.15) is 5.56 Å². The first-order valence-electron chi connectivity index (χ1n) is 3.14. The second kappa shape index (κ2) is 2.63. The lowest BCUT2D eigenvalue weighted by Crippen LogP contribution is -2.11. The van der Waals surface area contributed by atoms with E-state index in [9.17, 15) is 8.42 Å². The summed E-state index contributed by atoms with van der Waals surface area (Å²) in [5.41, 5.74) is 5.55. The second-order valence-electron chi connectivity index (χ2n) is 2.41. The average molecular weight is 187 g/mol. The maximum absolute atomic E-state index is 10.9. The van der Waals surface area contributed by atoms with Crippen molar-refractivity contribution in [2.45, 2.75) is 0 Å². The van der Waals surface area contributed by atoms with E-state index >= 15 is 0 Å². The number of hydrogen-bond donors (Lipinski definition) is 2. The highest BCUT2D eigenvalue weighted by atomic mass is 32.2. The number of rotatable bonds is 2. The first-order valence-corrected chi connectivity index (χ1v) is 4.99. The standard InChI is InChI=1S/C6H9N3O2S/c1-12(10,11)9-3-2-5(4-9)6(7)8/h2-4H,1H3,(H3,7,8). The van der Waals surface area contributed by atoms with Crippen molar-refractivity contribution in [3.8, 4) is 0 Å². The molecule has 0 spiro atoms. The third kappa shape index (κ3) is 1.65. The maximum atomic E-state index is 10.9. The van der Waals surface area contributed by atoms with Crippen LogP contribution in [0.3, 0.4) is 0 Å². The largest absolute Gasteiger partial charge is 0.384 e. The van der Waals surface area contributed by atoms with Gasteiger partial charge in [0.1, 0.15) is 5.84 Å². The first-order chi connectivity index (χ1) is 5.41. The van der Waals surface area contributed by atoms with Crippen LogP contribution >= 0.6 is 0 Å². The molecule has 1 aromatic rings. The molecule has 1 heterocycles. The van der Waals surface area contributed by atoms with E-state index in [2.05, 4.69) is 0 Å². The number of nitrogens with two attached hydrogens (primary N) is 1. The molecule has 0 aliphatic heterocycles. The second-order valence-corrected chi connectivity index (χ2v) is 4.29. The fraction of sp³-hybridized carbons (Fsp3) is 0.167. The van der Waals surface area contributed by atoms with Gasteiger partial charge in [-0.25, -0.2) is 8.42 Å². The van der Waals surface area contributed by atoms with E-state index in [4.69, 9.17) is 11.1 Å². The molecule has 0 fully saturated rings. The normalized spacial score (nSPS) is 11.4. The van der Waals surface area contributed by atoms with Gasteiger partial charge in [0.05, 0.1) is 6.26 Å². The summed E-state index contributed by atoms with van der Waals surface area (Å²) in [4.78, 5) is 0. The Morgan fingerprint density at radius 2 is 2.25 bits per heavy atom. The minimum Gasteiger partial charge on any atom is -0.384 e. The molecule has 66 valence electrons. The summed E-state index contributed by atoms with van der Waals surface area (Å²) in [6.45, 7) is 0. The summed E-state index contributed by atoms with van der Waals surface area (Å²) in [6.07, 6.45) is 3.74. The number of nitrogens with one attached hydrogen (secondary N) is 1. The quantitative estimate of drug-likeness (QED) is 0.486. The summed E-state index contributed by atoms with van der Waals surface area (Å²) in [6, 6.07) is 1.48. The van der Waals surface area contributed by atoms with Gasteiger partial charge in [-0.15, -0.1) is 0 Å². The van der Waals surface area contributed by atoms with Crippen LogP contribution in [0.25, 0.3) is 0 Å². The minimum absolute atomic E-state index is 0.141. The van der Waals surface area contributed by atoms with E-state index in [-0.39, 0.29) is 5.84 Å². The van der Waals surface area contributed by atoms with Crippen molar-refractivity contribution in [3.05, 3.63) is 24.0 Å². The number of amidine groups is 1. The third-order valence-electron chi connectivity index (χ3n) is 1.36. The van der Waals surface area contributed by atoms with Crippen molar-refractivity contribution in [1.82, 2.24) is 3.97 Å². The molecule has 1 rings (SSSR count). The van der Waals surface area contributed by atoms with Gasteiger partial charge in [0.25, 0.3) is 0 Å². The summed E-state index contributed by atoms with van der Waals surface area (Å²) < 4.78 is 22.9. The Kier molecular flexibility index (Phi) is 1.93. The Labute approximate surface area is 70.4 Å². The van der Waals surface area contributed by atoms with Gasteiger partial charge in [-0.1, -0.05) is 0 Å². The van der Waals surface area contributed by atoms with Crippen LogP contribution in [-0.2, 0) is 10.0 Å². The van der Waals surface area contributed by atoms with Gasteiger partial charge in [0.15, 0.2) is 0 Å². The van der Waals surface area contributed by atoms with Crippen molar-refractivity contribution >= 4 is 15.9 Å². The zero-order chi connectivity index (χ0) is 9.35. The van der Waals surface area contributed by atoms with Gasteiger partial charge < -0.3 is 5.73 Å². The molecular weight excluding hydrogens is 178 g/mol. The third-order valence-corrected chi connectivity index (χ3v) is 2.35. The first kappa shape index (κ1) is 8.79. The smallest absolute Gasteiger partial charge is 0.235 e. The van der Waals surface area contributed by atoms with Crippen LogP contribution in [0.2, 0.25) is 0 Å². The van der Waals surface area contributed by atoms with E-state index < -0.39 is 10.0 Å². The molecule has 0 radical (unpaired) electrons. The van der Waals surface area contributed by atoms with E-state index in [0.29, 0.717) is 5.56 Å². The molecule has 5 nitrogen and oxygen atoms in total. The summed E-state index contributed by atoms with van der Waals surface area (Å²) in [7, 11) is -3.25. The van der Waals surface area contributed by atoms with Crippen LogP contribution in [0.4, 0.5) is 0 Å². The summed E-state index contributed by atoms with van der Waals surface area (Å²) >= 11 is 0. The highest BCUT2D eigenvalue weighted by Crippen LogP contribution is 2.02. The van der Waals surface area contributed by atoms with E-state index in [1.54, 1.807) is 0 Å². The Balaban J connectivity index is 3.17. The van der Waals surface area contributed by atoms with Crippen molar-refractivity contribution in [2.24, 2.45) is 5.73 Å². The SMILES string of the molecule is CS(=O)(=O)n1ccc(C(=N)N)c1. The fourth-order valence-electron chi connectivity index (χ4n) is 0.743. The zero-order valence-electron chi connectivity index (χ0n) is 6.48. The summed E-state index contributed by atoms with van der Waals surface area (Å²) in [5.74, 6) is -0.141. The number of nitrogen functional groups attached to an aromatic ring is 1. The zero-order valence-corrected chi connectivity index (χ0v) is 7.30. The van der Waals surface area contributed by atoms with Crippen LogP contribution in [0.5, 0.6) is 0 Å². The Morgan fingerprint density at radius 3 is 2.50 bits per heavy atom. The van der Waals surface area contributed by atoms with Crippen LogP contribution in [0, 0.1) is 5.41 Å². The maximum Gasteiger partial charge on any atom is 0.235 e. The number of aromatic nitrogens is 1. The fourth-order valence-corrected chi connectivity index (χ4v) is 1.33. The van der Waals surface area contributed by atoms with Crippen molar-refractivity contribution < 1.29 is 8.42 Å². The lowest BCUT2D eigenvalue weighted by molar-refractivity contribution is 0.593. The molecule has 0 saturated carbocycles. The Morgan fingerprint density at radius 1 is 1.67 bits per heavy atom. The van der Waals surface area contributed by atoms with Crippen molar-refractivity contribution in [1.29, 1.82) is 5.41 Å². The molecule has 0 amide bonds. The number of nitrogens with zero attached hydrogens (tertiary/aromatic N) is 1. The van der Waals surface area contributed by atoms with E-state index in [1.807, 2.05) is 0 Å². The Hall–Kier alpha value is -1.30. The molecule has 0 unspecified atom stereocenters. The molecule has 3 N–H and O–H groups in total. The van der Waals surface area contributed by atoms with Gasteiger partial charge in [-0.3, -0.25) is 9.38 Å². The molecule has 0 saturated heterocycles. The van der Waals surface area contributed by atoms with Gasteiger partial charge in [0.2, 0.25) is 10.0 Å². The van der Waals surface area contributed by atoms with E-state index in [0.717, 1.165) is 10.2 Å². The average Bonchev–Trinajstić information content (AvgIpc) is 2.30. The molecule has 0 aromatic carbocycles. The molecule has 12 heavy (non-hydrogen) atoms. The predicted octanol–water partition coefficient (Wildman–Crippen LogP) is -0.420. The molecule has 0 atom stereocenters. The molecule has 0 aliphatic rings. The van der Waals surface area contributed by atoms with Crippen LogP contribution < -0.4 is 5.73 Å². The highest BCUT2D eigenvalue weighted by molar-refractivity contribution is 7.89. The Bertz CT molecular complexity index is 404. The number of hydrogen-bond acceptors (Lipinski definition) is 3. The lowest BCUT2D eigenvalue weighted by atomic mass is 10.3. The molecule has 6 heteroatoms. The predicted molar refractivity (Wildman–Crippen MR) is 45.7 cm³/mol. The topological polar surface area (TPSA) is 88.9 Å². The molecule has 1 aromatic heterocycles. The highest BCUT2D eigenvalue weighted by Gasteiger charge is 2.06. The van der Waals surface area contributed by atoms with Crippen LogP contribution in [-0.4, -0.2) is 24.5 Å². The molecular formula is C6H9N3O2S. The minimum atomic E-state index is -3.25. The lowest BCUT2D eigenvalue weighted by Gasteiger charge is -1.96. The molecule has 0 aliphatic carbocycles. The monoisotopic (exact) mass is 187 g/mol.